The Balaban J connectivity index is 1.85. The van der Waals surface area contributed by atoms with Crippen LogP contribution < -0.4 is 0 Å². The topological polar surface area (TPSA) is 32.7 Å². The highest BCUT2D eigenvalue weighted by atomic mass is 32.2. The van der Waals surface area contributed by atoms with Gasteiger partial charge in [0, 0.05) is 17.9 Å². The number of nitrogens with zero attached hydrogens (tertiary/aromatic N) is 2. The zero-order valence-electron chi connectivity index (χ0n) is 13.4. The first kappa shape index (κ1) is 17.5. The van der Waals surface area contributed by atoms with Crippen molar-refractivity contribution in [3.8, 4) is 0 Å². The molecule has 0 aliphatic carbocycles. The molecule has 1 fully saturated rings. The lowest BCUT2D eigenvalue weighted by molar-refractivity contribution is -0.137. The van der Waals surface area contributed by atoms with Crippen molar-refractivity contribution in [2.75, 3.05) is 12.3 Å². The first-order chi connectivity index (χ1) is 11.9. The number of thioether (sulfide) groups is 1. The molecule has 2 aromatic carbocycles. The van der Waals surface area contributed by atoms with Crippen LogP contribution in [0.25, 0.3) is 0 Å². The van der Waals surface area contributed by atoms with Crippen molar-refractivity contribution in [2.24, 2.45) is 4.99 Å². The van der Waals surface area contributed by atoms with E-state index in [1.54, 1.807) is 0 Å². The van der Waals surface area contributed by atoms with Crippen LogP contribution in [0.5, 0.6) is 0 Å². The molecule has 3 nitrogen and oxygen atoms in total. The summed E-state index contributed by atoms with van der Waals surface area (Å²) in [5, 5.41) is 0.569. The van der Waals surface area contributed by atoms with Crippen LogP contribution in [0, 0.1) is 6.92 Å². The van der Waals surface area contributed by atoms with Gasteiger partial charge in [-0.25, -0.2) is 4.99 Å². The Morgan fingerprint density at radius 1 is 1.12 bits per heavy atom. The number of amidine groups is 1. The summed E-state index contributed by atoms with van der Waals surface area (Å²) >= 11 is 1.46. The first-order valence-electron chi connectivity index (χ1n) is 7.62. The predicted octanol–water partition coefficient (Wildman–Crippen LogP) is 4.89. The lowest BCUT2D eigenvalue weighted by Gasteiger charge is -2.16. The average molecular weight is 364 g/mol. The van der Waals surface area contributed by atoms with Gasteiger partial charge in [-0.05, 0) is 42.8 Å². The molecule has 130 valence electrons. The first-order valence-corrected chi connectivity index (χ1v) is 8.61. The van der Waals surface area contributed by atoms with Crippen molar-refractivity contribution in [1.29, 1.82) is 0 Å². The van der Waals surface area contributed by atoms with Gasteiger partial charge in [0.15, 0.2) is 5.17 Å². The molecule has 0 unspecified atom stereocenters. The molecule has 0 aromatic heterocycles. The van der Waals surface area contributed by atoms with Crippen LogP contribution >= 0.6 is 11.8 Å². The molecule has 0 spiro atoms. The normalized spacial score (nSPS) is 16.5. The summed E-state index contributed by atoms with van der Waals surface area (Å²) in [5.74, 6) is 0.364. The summed E-state index contributed by atoms with van der Waals surface area (Å²) in [7, 11) is 0. The second kappa shape index (κ2) is 6.92. The van der Waals surface area contributed by atoms with E-state index in [-0.39, 0.29) is 11.5 Å². The van der Waals surface area contributed by atoms with E-state index in [0.29, 0.717) is 17.5 Å². The number of benzene rings is 2. The van der Waals surface area contributed by atoms with Gasteiger partial charge in [-0.2, -0.15) is 13.2 Å². The number of hydrogen-bond donors (Lipinski definition) is 0. The molecule has 0 N–H and O–H groups in total. The number of halogens is 3. The Bertz CT molecular complexity index is 816. The van der Waals surface area contributed by atoms with Crippen LogP contribution in [0.1, 0.15) is 21.5 Å². The highest BCUT2D eigenvalue weighted by molar-refractivity contribution is 8.14. The van der Waals surface area contributed by atoms with Gasteiger partial charge in [-0.3, -0.25) is 9.69 Å². The summed E-state index contributed by atoms with van der Waals surface area (Å²) in [6.07, 6.45) is -4.41. The SMILES string of the molecule is Cc1ccccc1N=C1SCCN1C(=O)c1ccc(C(F)(F)F)cc1. The molecule has 1 amide bonds. The Morgan fingerprint density at radius 2 is 1.80 bits per heavy atom. The van der Waals surface area contributed by atoms with Crippen LogP contribution in [0.2, 0.25) is 0 Å². The van der Waals surface area contributed by atoms with Gasteiger partial charge in [0.2, 0.25) is 0 Å². The van der Waals surface area contributed by atoms with Gasteiger partial charge < -0.3 is 0 Å². The van der Waals surface area contributed by atoms with Gasteiger partial charge in [0.05, 0.1) is 11.3 Å². The molecule has 2 aromatic rings. The molecule has 1 aliphatic heterocycles. The number of amides is 1. The van der Waals surface area contributed by atoms with Crippen molar-refractivity contribution >= 4 is 28.5 Å². The highest BCUT2D eigenvalue weighted by Gasteiger charge is 2.31. The maximum Gasteiger partial charge on any atom is 0.416 e. The van der Waals surface area contributed by atoms with Crippen LogP contribution in [0.3, 0.4) is 0 Å². The standard InChI is InChI=1S/C18H15F3N2OS/c1-12-4-2-3-5-15(12)22-17-23(10-11-25-17)16(24)13-6-8-14(9-7-13)18(19,20)21/h2-9H,10-11H2,1H3. The molecule has 0 bridgehead atoms. The summed E-state index contributed by atoms with van der Waals surface area (Å²) in [6.45, 7) is 2.41. The van der Waals surface area contributed by atoms with Crippen LogP contribution in [0.15, 0.2) is 53.5 Å². The third kappa shape index (κ3) is 3.87. The molecule has 7 heteroatoms. The fourth-order valence-electron chi connectivity index (χ4n) is 2.43. The fourth-order valence-corrected chi connectivity index (χ4v) is 3.38. The number of para-hydroxylation sites is 1. The largest absolute Gasteiger partial charge is 0.416 e. The minimum absolute atomic E-state index is 0.216. The van der Waals surface area contributed by atoms with E-state index in [1.165, 1.54) is 28.8 Å². The van der Waals surface area contributed by atoms with Crippen molar-refractivity contribution < 1.29 is 18.0 Å². The Kier molecular flexibility index (Phi) is 4.85. The van der Waals surface area contributed by atoms with E-state index in [2.05, 4.69) is 4.99 Å². The minimum Gasteiger partial charge on any atom is -0.286 e. The molecule has 0 atom stereocenters. The number of aryl methyl sites for hydroxylation is 1. The summed E-state index contributed by atoms with van der Waals surface area (Å²) in [4.78, 5) is 18.7. The second-order valence-corrected chi connectivity index (χ2v) is 6.62. The van der Waals surface area contributed by atoms with Crippen LogP contribution in [-0.2, 0) is 6.18 Å². The smallest absolute Gasteiger partial charge is 0.286 e. The summed E-state index contributed by atoms with van der Waals surface area (Å²) in [6, 6.07) is 11.8. The average Bonchev–Trinajstić information content (AvgIpc) is 3.04. The van der Waals surface area contributed by atoms with Crippen LogP contribution in [0.4, 0.5) is 18.9 Å². The number of alkyl halides is 3. The van der Waals surface area contributed by atoms with Gasteiger partial charge in [-0.15, -0.1) is 0 Å². The van der Waals surface area contributed by atoms with E-state index in [9.17, 15) is 18.0 Å². The van der Waals surface area contributed by atoms with Crippen LogP contribution in [-0.4, -0.2) is 28.3 Å². The van der Waals surface area contributed by atoms with E-state index in [4.69, 9.17) is 0 Å². The molecular weight excluding hydrogens is 349 g/mol. The molecule has 25 heavy (non-hydrogen) atoms. The van der Waals surface area contributed by atoms with Crippen molar-refractivity contribution in [2.45, 2.75) is 13.1 Å². The molecule has 1 saturated heterocycles. The van der Waals surface area contributed by atoms with Crippen molar-refractivity contribution in [1.82, 2.24) is 4.90 Å². The Morgan fingerprint density at radius 3 is 2.44 bits per heavy atom. The Labute approximate surface area is 147 Å². The number of carbonyl (C=O) groups excluding carboxylic acids is 1. The number of rotatable bonds is 2. The van der Waals surface area contributed by atoms with Gasteiger partial charge in [0.1, 0.15) is 0 Å². The highest BCUT2D eigenvalue weighted by Crippen LogP contribution is 2.30. The third-order valence-electron chi connectivity index (χ3n) is 3.81. The van der Waals surface area contributed by atoms with E-state index in [0.717, 1.165) is 23.4 Å². The number of carbonyl (C=O) groups is 1. The molecule has 1 aliphatic rings. The molecule has 3 rings (SSSR count). The van der Waals surface area contributed by atoms with Crippen molar-refractivity contribution in [3.05, 3.63) is 65.2 Å². The quantitative estimate of drug-likeness (QED) is 0.760. The monoisotopic (exact) mass is 364 g/mol. The summed E-state index contributed by atoms with van der Waals surface area (Å²) < 4.78 is 37.9. The maximum absolute atomic E-state index is 12.6. The molecule has 0 radical (unpaired) electrons. The predicted molar refractivity (Wildman–Crippen MR) is 93.2 cm³/mol. The third-order valence-corrected chi connectivity index (χ3v) is 4.77. The summed E-state index contributed by atoms with van der Waals surface area (Å²) in [5.41, 5.74) is 1.21. The lowest BCUT2D eigenvalue weighted by atomic mass is 10.1. The van der Waals surface area contributed by atoms with E-state index >= 15 is 0 Å². The molecule has 1 heterocycles. The van der Waals surface area contributed by atoms with Crippen molar-refractivity contribution in [3.63, 3.8) is 0 Å². The minimum atomic E-state index is -4.41. The zero-order chi connectivity index (χ0) is 18.0. The second-order valence-electron chi connectivity index (χ2n) is 5.56. The molecule has 0 saturated carbocycles. The van der Waals surface area contributed by atoms with E-state index < -0.39 is 11.7 Å². The molecular formula is C18H15F3N2OS. The number of hydrogen-bond acceptors (Lipinski definition) is 3. The number of aliphatic imine (C=N–C) groups is 1. The van der Waals surface area contributed by atoms with Gasteiger partial charge >= 0.3 is 6.18 Å². The van der Waals surface area contributed by atoms with Gasteiger partial charge in [0.25, 0.3) is 5.91 Å². The maximum atomic E-state index is 12.6. The van der Waals surface area contributed by atoms with Gasteiger partial charge in [-0.1, -0.05) is 30.0 Å². The lowest BCUT2D eigenvalue weighted by Crippen LogP contribution is -2.31. The fraction of sp³-hybridized carbons (Fsp3) is 0.222. The zero-order valence-corrected chi connectivity index (χ0v) is 14.2. The van der Waals surface area contributed by atoms with E-state index in [1.807, 2.05) is 31.2 Å². The Hall–Kier alpha value is -2.28.